The van der Waals surface area contributed by atoms with Crippen molar-refractivity contribution in [2.45, 2.75) is 70.7 Å². The molecule has 1 heterocycles. The number of benzene rings is 1. The minimum absolute atomic E-state index is 0.0422. The zero-order valence-corrected chi connectivity index (χ0v) is 18.7. The second-order valence-electron chi connectivity index (χ2n) is 7.86. The van der Waals surface area contributed by atoms with Crippen LogP contribution in [0.2, 0.25) is 0 Å². The molecule has 2 rings (SSSR count). The van der Waals surface area contributed by atoms with Crippen LogP contribution < -0.4 is 4.74 Å². The first-order valence-electron chi connectivity index (χ1n) is 11.2. The molecule has 0 radical (unpaired) electrons. The van der Waals surface area contributed by atoms with E-state index in [1.165, 1.54) is 24.3 Å². The highest BCUT2D eigenvalue weighted by Gasteiger charge is 2.31. The van der Waals surface area contributed by atoms with Gasteiger partial charge in [0.1, 0.15) is 5.75 Å². The van der Waals surface area contributed by atoms with Gasteiger partial charge in [-0.05, 0) is 50.0 Å². The predicted molar refractivity (Wildman–Crippen MR) is 115 cm³/mol. The molecule has 1 saturated heterocycles. The summed E-state index contributed by atoms with van der Waals surface area (Å²) in [6, 6.07) is 5.16. The van der Waals surface area contributed by atoms with Gasteiger partial charge in [-0.15, -0.1) is 13.2 Å². The molecular formula is C24H30F3NO5. The fourth-order valence-corrected chi connectivity index (χ4v) is 3.72. The number of likely N-dealkylation sites (tertiary alicyclic amines) is 1. The number of hydrogen-bond acceptors (Lipinski definition) is 5. The number of amides is 1. The van der Waals surface area contributed by atoms with E-state index < -0.39 is 6.36 Å². The Bertz CT molecular complexity index is 838. The Hall–Kier alpha value is -2.84. The second kappa shape index (κ2) is 13.0. The monoisotopic (exact) mass is 469 g/mol. The molecule has 1 aromatic carbocycles. The third-order valence-corrected chi connectivity index (χ3v) is 5.22. The van der Waals surface area contributed by atoms with Crippen molar-refractivity contribution in [3.63, 3.8) is 0 Å². The Kier molecular flexibility index (Phi) is 10.4. The average molecular weight is 470 g/mol. The van der Waals surface area contributed by atoms with E-state index in [0.29, 0.717) is 38.0 Å². The van der Waals surface area contributed by atoms with E-state index >= 15 is 0 Å². The predicted octanol–water partition coefficient (Wildman–Crippen LogP) is 4.76. The van der Waals surface area contributed by atoms with Gasteiger partial charge in [-0.25, -0.2) is 0 Å². The van der Waals surface area contributed by atoms with Crippen LogP contribution in [0, 0.1) is 0 Å². The van der Waals surface area contributed by atoms with E-state index in [9.17, 15) is 27.6 Å². The summed E-state index contributed by atoms with van der Waals surface area (Å²) in [6.45, 7) is 2.73. The highest BCUT2D eigenvalue weighted by Crippen LogP contribution is 2.24. The molecule has 1 fully saturated rings. The van der Waals surface area contributed by atoms with Crippen LogP contribution in [0.5, 0.6) is 5.75 Å². The van der Waals surface area contributed by atoms with Gasteiger partial charge in [-0.2, -0.15) is 0 Å². The molecule has 1 aromatic rings. The summed E-state index contributed by atoms with van der Waals surface area (Å²) < 4.78 is 45.8. The molecule has 0 saturated carbocycles. The van der Waals surface area contributed by atoms with Crippen LogP contribution in [-0.4, -0.2) is 48.1 Å². The number of carbonyl (C=O) groups excluding carboxylic acids is 3. The molecule has 0 aromatic heterocycles. The lowest BCUT2D eigenvalue weighted by atomic mass is 10.1. The van der Waals surface area contributed by atoms with Crippen molar-refractivity contribution in [3.8, 4) is 5.75 Å². The van der Waals surface area contributed by atoms with Gasteiger partial charge < -0.3 is 14.4 Å². The third-order valence-electron chi connectivity index (χ3n) is 5.22. The van der Waals surface area contributed by atoms with Crippen molar-refractivity contribution in [1.82, 2.24) is 4.90 Å². The molecule has 1 aliphatic rings. The smallest absolute Gasteiger partial charge is 0.466 e. The Morgan fingerprint density at radius 3 is 2.67 bits per heavy atom. The van der Waals surface area contributed by atoms with Gasteiger partial charge in [-0.3, -0.25) is 14.4 Å². The lowest BCUT2D eigenvalue weighted by Crippen LogP contribution is -2.32. The zero-order valence-electron chi connectivity index (χ0n) is 18.7. The van der Waals surface area contributed by atoms with Crippen LogP contribution >= 0.6 is 0 Å². The maximum Gasteiger partial charge on any atom is 0.573 e. The van der Waals surface area contributed by atoms with Crippen molar-refractivity contribution in [3.05, 3.63) is 42.0 Å². The number of ether oxygens (including phenoxy) is 2. The Balaban J connectivity index is 1.78. The second-order valence-corrected chi connectivity index (χ2v) is 7.86. The number of carbonyl (C=O) groups is 3. The maximum absolute atomic E-state index is 12.4. The standard InChI is InChI=1S/C24H30F3NO5/c1-2-32-23(31)10-5-3-4-6-15-28-19(12-14-22(28)30)11-13-20(29)16-18-8-7-9-21(17-18)33-24(25,26)27/h7-9,11,13,17,19H,2-6,10,12,14-16H2,1H3/b13-11+. The average Bonchev–Trinajstić information content (AvgIpc) is 3.07. The molecule has 33 heavy (non-hydrogen) atoms. The van der Waals surface area contributed by atoms with Gasteiger partial charge in [0.15, 0.2) is 5.78 Å². The van der Waals surface area contributed by atoms with Crippen molar-refractivity contribution in [2.75, 3.05) is 13.2 Å². The number of alkyl halides is 3. The van der Waals surface area contributed by atoms with Gasteiger partial charge in [0, 0.05) is 25.8 Å². The summed E-state index contributed by atoms with van der Waals surface area (Å²) in [4.78, 5) is 37.6. The molecule has 6 nitrogen and oxygen atoms in total. The molecule has 9 heteroatoms. The van der Waals surface area contributed by atoms with Crippen LogP contribution in [0.1, 0.15) is 57.4 Å². The molecule has 0 spiro atoms. The number of ketones is 1. The summed E-state index contributed by atoms with van der Waals surface area (Å²) in [6.07, 6.45) is 2.99. The molecule has 0 aliphatic carbocycles. The first-order valence-corrected chi connectivity index (χ1v) is 11.2. The van der Waals surface area contributed by atoms with Crippen LogP contribution in [-0.2, 0) is 25.5 Å². The highest BCUT2D eigenvalue weighted by molar-refractivity contribution is 5.91. The zero-order chi connectivity index (χ0) is 24.3. The van der Waals surface area contributed by atoms with Crippen LogP contribution in [0.15, 0.2) is 36.4 Å². The van der Waals surface area contributed by atoms with E-state index in [4.69, 9.17) is 4.74 Å². The molecule has 1 aliphatic heterocycles. The molecule has 182 valence electrons. The first-order chi connectivity index (χ1) is 15.7. The van der Waals surface area contributed by atoms with Crippen molar-refractivity contribution >= 4 is 17.7 Å². The summed E-state index contributed by atoms with van der Waals surface area (Å²) in [5.41, 5.74) is 0.411. The lowest BCUT2D eigenvalue weighted by molar-refractivity contribution is -0.274. The van der Waals surface area contributed by atoms with E-state index in [2.05, 4.69) is 4.74 Å². The molecule has 1 amide bonds. The van der Waals surface area contributed by atoms with Crippen LogP contribution in [0.25, 0.3) is 0 Å². The number of hydrogen-bond donors (Lipinski definition) is 0. The molecule has 1 unspecified atom stereocenters. The van der Waals surface area contributed by atoms with Gasteiger partial charge >= 0.3 is 12.3 Å². The fraction of sp³-hybridized carbons (Fsp3) is 0.542. The minimum Gasteiger partial charge on any atom is -0.466 e. The fourth-order valence-electron chi connectivity index (χ4n) is 3.72. The topological polar surface area (TPSA) is 72.9 Å². The maximum atomic E-state index is 12.4. The molecule has 0 bridgehead atoms. The number of halogens is 3. The largest absolute Gasteiger partial charge is 0.573 e. The molecular weight excluding hydrogens is 439 g/mol. The third kappa shape index (κ3) is 10.1. The summed E-state index contributed by atoms with van der Waals surface area (Å²) in [5.74, 6) is -0.786. The van der Waals surface area contributed by atoms with E-state index in [0.717, 1.165) is 25.7 Å². The quantitative estimate of drug-likeness (QED) is 0.237. The van der Waals surface area contributed by atoms with E-state index in [1.807, 2.05) is 0 Å². The van der Waals surface area contributed by atoms with E-state index in [1.54, 1.807) is 24.0 Å². The van der Waals surface area contributed by atoms with Crippen molar-refractivity contribution < 1.29 is 37.0 Å². The number of rotatable bonds is 13. The number of nitrogens with zero attached hydrogens (tertiary/aromatic N) is 1. The van der Waals surface area contributed by atoms with E-state index in [-0.39, 0.29) is 35.9 Å². The van der Waals surface area contributed by atoms with Crippen molar-refractivity contribution in [2.24, 2.45) is 0 Å². The van der Waals surface area contributed by atoms with Gasteiger partial charge in [0.25, 0.3) is 0 Å². The van der Waals surface area contributed by atoms with Crippen LogP contribution in [0.3, 0.4) is 0 Å². The first kappa shape index (κ1) is 26.4. The SMILES string of the molecule is CCOC(=O)CCCCCCN1C(=O)CCC1/C=C/C(=O)Cc1cccc(OC(F)(F)F)c1. The van der Waals surface area contributed by atoms with Crippen LogP contribution in [0.4, 0.5) is 13.2 Å². The highest BCUT2D eigenvalue weighted by atomic mass is 19.4. The number of esters is 1. The minimum atomic E-state index is -4.79. The summed E-state index contributed by atoms with van der Waals surface area (Å²) in [7, 11) is 0. The summed E-state index contributed by atoms with van der Waals surface area (Å²) >= 11 is 0. The van der Waals surface area contributed by atoms with Gasteiger partial charge in [0.05, 0.1) is 12.6 Å². The lowest BCUT2D eigenvalue weighted by Gasteiger charge is -2.22. The number of unbranched alkanes of at least 4 members (excludes halogenated alkanes) is 3. The van der Waals surface area contributed by atoms with Crippen molar-refractivity contribution in [1.29, 1.82) is 0 Å². The summed E-state index contributed by atoms with van der Waals surface area (Å²) in [5, 5.41) is 0. The normalized spacial score (nSPS) is 16.4. The Labute approximate surface area is 191 Å². The molecule has 0 N–H and O–H groups in total. The number of allylic oxidation sites excluding steroid dienone is 1. The Morgan fingerprint density at radius 2 is 1.94 bits per heavy atom. The van der Waals surface area contributed by atoms with Gasteiger partial charge in [0.2, 0.25) is 5.91 Å². The molecule has 1 atom stereocenters. The Morgan fingerprint density at radius 1 is 1.18 bits per heavy atom. The van der Waals surface area contributed by atoms with Gasteiger partial charge in [-0.1, -0.05) is 31.1 Å².